The van der Waals surface area contributed by atoms with Crippen molar-refractivity contribution in [1.82, 2.24) is 4.72 Å². The first-order valence-corrected chi connectivity index (χ1v) is 6.93. The summed E-state index contributed by atoms with van der Waals surface area (Å²) in [7, 11) is -3.44. The molecule has 0 saturated carbocycles. The Hall–Kier alpha value is -1.73. The molecule has 0 radical (unpaired) electrons. The van der Waals surface area contributed by atoms with Crippen LogP contribution in [0.5, 0.6) is 5.75 Å². The smallest absolute Gasteiger partial charge is 0.326 e. The standard InChI is InChI=1S/C11H13NO5S/c1-8(13)9-4-3-5-10(6-9)17-11(14)7-12-18(2,15)16/h3-6,12H,7H2,1-2H3. The highest BCUT2D eigenvalue weighted by molar-refractivity contribution is 7.88. The van der Waals surface area contributed by atoms with E-state index in [0.717, 1.165) is 6.26 Å². The van der Waals surface area contributed by atoms with Crippen LogP contribution in [0.3, 0.4) is 0 Å². The lowest BCUT2D eigenvalue weighted by atomic mass is 10.1. The van der Waals surface area contributed by atoms with Gasteiger partial charge in [0.05, 0.1) is 6.26 Å². The number of ketones is 1. The number of carbonyl (C=O) groups is 2. The Balaban J connectivity index is 2.65. The molecule has 1 aromatic carbocycles. The molecule has 6 nitrogen and oxygen atoms in total. The largest absolute Gasteiger partial charge is 0.426 e. The molecular formula is C11H13NO5S. The number of ether oxygens (including phenoxy) is 1. The second-order valence-electron chi connectivity index (χ2n) is 3.65. The van der Waals surface area contributed by atoms with Crippen LogP contribution in [0.2, 0.25) is 0 Å². The van der Waals surface area contributed by atoms with Gasteiger partial charge in [-0.15, -0.1) is 0 Å². The van der Waals surface area contributed by atoms with E-state index >= 15 is 0 Å². The minimum absolute atomic E-state index is 0.151. The van der Waals surface area contributed by atoms with Gasteiger partial charge in [0, 0.05) is 5.56 Å². The van der Waals surface area contributed by atoms with Crippen molar-refractivity contribution in [3.8, 4) is 5.75 Å². The van der Waals surface area contributed by atoms with Crippen molar-refractivity contribution in [2.24, 2.45) is 0 Å². The second-order valence-corrected chi connectivity index (χ2v) is 5.48. The van der Waals surface area contributed by atoms with Crippen molar-refractivity contribution in [2.45, 2.75) is 6.92 Å². The van der Waals surface area contributed by atoms with Gasteiger partial charge in [0.1, 0.15) is 12.3 Å². The fourth-order valence-electron chi connectivity index (χ4n) is 1.14. The highest BCUT2D eigenvalue weighted by Gasteiger charge is 2.09. The molecule has 0 bridgehead atoms. The van der Waals surface area contributed by atoms with E-state index < -0.39 is 22.5 Å². The molecule has 0 spiro atoms. The zero-order valence-electron chi connectivity index (χ0n) is 9.97. The number of esters is 1. The molecular weight excluding hydrogens is 258 g/mol. The van der Waals surface area contributed by atoms with Crippen molar-refractivity contribution < 1.29 is 22.7 Å². The molecule has 1 N–H and O–H groups in total. The van der Waals surface area contributed by atoms with Crippen LogP contribution < -0.4 is 9.46 Å². The average Bonchev–Trinajstić information content (AvgIpc) is 2.26. The summed E-state index contributed by atoms with van der Waals surface area (Å²) < 4.78 is 28.4. The molecule has 7 heteroatoms. The van der Waals surface area contributed by atoms with Crippen molar-refractivity contribution >= 4 is 21.8 Å². The topological polar surface area (TPSA) is 89.5 Å². The van der Waals surface area contributed by atoms with Crippen LogP contribution in [0.4, 0.5) is 0 Å². The Kier molecular flexibility index (Phi) is 4.57. The molecule has 1 rings (SSSR count). The van der Waals surface area contributed by atoms with Gasteiger partial charge >= 0.3 is 5.97 Å². The van der Waals surface area contributed by atoms with Crippen LogP contribution >= 0.6 is 0 Å². The van der Waals surface area contributed by atoms with Gasteiger partial charge in [-0.2, -0.15) is 0 Å². The van der Waals surface area contributed by atoms with E-state index in [1.54, 1.807) is 12.1 Å². The number of rotatable bonds is 5. The molecule has 0 amide bonds. The summed E-state index contributed by atoms with van der Waals surface area (Å²) in [5, 5.41) is 0. The maximum atomic E-state index is 11.3. The number of sulfonamides is 1. The molecule has 0 fully saturated rings. The van der Waals surface area contributed by atoms with Gasteiger partial charge < -0.3 is 4.74 Å². The lowest BCUT2D eigenvalue weighted by Crippen LogP contribution is -2.31. The summed E-state index contributed by atoms with van der Waals surface area (Å²) in [4.78, 5) is 22.4. The Morgan fingerprint density at radius 2 is 2.00 bits per heavy atom. The second kappa shape index (κ2) is 5.74. The fourth-order valence-corrected chi connectivity index (χ4v) is 1.52. The summed E-state index contributed by atoms with van der Waals surface area (Å²) in [6.07, 6.45) is 0.941. The molecule has 0 aliphatic rings. The summed E-state index contributed by atoms with van der Waals surface area (Å²) in [6.45, 7) is 0.940. The Bertz CT molecular complexity index is 565. The van der Waals surface area contributed by atoms with Gasteiger partial charge in [-0.1, -0.05) is 12.1 Å². The number of hydrogen-bond acceptors (Lipinski definition) is 5. The zero-order valence-corrected chi connectivity index (χ0v) is 10.8. The number of carbonyl (C=O) groups excluding carboxylic acids is 2. The minimum atomic E-state index is -3.44. The first-order chi connectivity index (χ1) is 8.28. The van der Waals surface area contributed by atoms with Crippen LogP contribution in [0.25, 0.3) is 0 Å². The first-order valence-electron chi connectivity index (χ1n) is 5.04. The highest BCUT2D eigenvalue weighted by Crippen LogP contribution is 2.13. The molecule has 0 atom stereocenters. The van der Waals surface area contributed by atoms with Gasteiger partial charge in [0.15, 0.2) is 5.78 Å². The molecule has 98 valence electrons. The number of Topliss-reactive ketones (excluding diaryl/α,β-unsaturated/α-hetero) is 1. The lowest BCUT2D eigenvalue weighted by Gasteiger charge is -2.05. The van der Waals surface area contributed by atoms with Gasteiger partial charge in [-0.3, -0.25) is 9.59 Å². The van der Waals surface area contributed by atoms with E-state index in [1.165, 1.54) is 19.1 Å². The number of hydrogen-bond donors (Lipinski definition) is 1. The first kappa shape index (κ1) is 14.3. The van der Waals surface area contributed by atoms with Crippen molar-refractivity contribution in [3.63, 3.8) is 0 Å². The predicted octanol–water partition coefficient (Wildman–Crippen LogP) is 0.344. The summed E-state index contributed by atoms with van der Waals surface area (Å²) in [6, 6.07) is 6.09. The Morgan fingerprint density at radius 3 is 2.56 bits per heavy atom. The summed E-state index contributed by atoms with van der Waals surface area (Å²) in [5.41, 5.74) is 0.413. The van der Waals surface area contributed by atoms with Gasteiger partial charge in [-0.25, -0.2) is 13.1 Å². The zero-order chi connectivity index (χ0) is 13.8. The van der Waals surface area contributed by atoms with Crippen LogP contribution in [0, 0.1) is 0 Å². The van der Waals surface area contributed by atoms with Crippen molar-refractivity contribution in [3.05, 3.63) is 29.8 Å². The van der Waals surface area contributed by atoms with E-state index in [-0.39, 0.29) is 11.5 Å². The Labute approximate surface area is 105 Å². The van der Waals surface area contributed by atoms with Crippen LogP contribution in [-0.4, -0.2) is 33.0 Å². The maximum Gasteiger partial charge on any atom is 0.326 e. The van der Waals surface area contributed by atoms with E-state index in [2.05, 4.69) is 0 Å². The molecule has 0 heterocycles. The SMILES string of the molecule is CC(=O)c1cccc(OC(=O)CNS(C)(=O)=O)c1. The van der Waals surface area contributed by atoms with Crippen LogP contribution in [-0.2, 0) is 14.8 Å². The quantitative estimate of drug-likeness (QED) is 0.474. The van der Waals surface area contributed by atoms with Gasteiger partial charge in [-0.05, 0) is 19.1 Å². The molecule has 0 aliphatic carbocycles. The van der Waals surface area contributed by atoms with Crippen molar-refractivity contribution in [2.75, 3.05) is 12.8 Å². The molecule has 0 aromatic heterocycles. The molecule has 0 aliphatic heterocycles. The molecule has 0 saturated heterocycles. The van der Waals surface area contributed by atoms with E-state index in [0.29, 0.717) is 5.56 Å². The third-order valence-electron chi connectivity index (χ3n) is 1.95. The number of benzene rings is 1. The van der Waals surface area contributed by atoms with Gasteiger partial charge in [0.25, 0.3) is 0 Å². The van der Waals surface area contributed by atoms with E-state index in [4.69, 9.17) is 4.74 Å². The predicted molar refractivity (Wildman–Crippen MR) is 64.9 cm³/mol. The average molecular weight is 271 g/mol. The summed E-state index contributed by atoms with van der Waals surface area (Å²) >= 11 is 0. The highest BCUT2D eigenvalue weighted by atomic mass is 32.2. The maximum absolute atomic E-state index is 11.3. The molecule has 1 aromatic rings. The number of nitrogens with one attached hydrogen (secondary N) is 1. The summed E-state index contributed by atoms with van der Waals surface area (Å²) in [5.74, 6) is -0.703. The molecule has 18 heavy (non-hydrogen) atoms. The minimum Gasteiger partial charge on any atom is -0.426 e. The van der Waals surface area contributed by atoms with E-state index in [1.807, 2.05) is 4.72 Å². The monoisotopic (exact) mass is 271 g/mol. The van der Waals surface area contributed by atoms with Crippen LogP contribution in [0.15, 0.2) is 24.3 Å². The third-order valence-corrected chi connectivity index (χ3v) is 2.62. The Morgan fingerprint density at radius 1 is 1.33 bits per heavy atom. The van der Waals surface area contributed by atoms with Gasteiger partial charge in [0.2, 0.25) is 10.0 Å². The fraction of sp³-hybridized carbons (Fsp3) is 0.273. The van der Waals surface area contributed by atoms with Crippen molar-refractivity contribution in [1.29, 1.82) is 0 Å². The lowest BCUT2D eigenvalue weighted by molar-refractivity contribution is -0.133. The van der Waals surface area contributed by atoms with Crippen LogP contribution in [0.1, 0.15) is 17.3 Å². The normalized spacial score (nSPS) is 11.0. The third kappa shape index (κ3) is 5.07. The van der Waals surface area contributed by atoms with E-state index in [9.17, 15) is 18.0 Å². The molecule has 0 unspecified atom stereocenters.